The lowest BCUT2D eigenvalue weighted by molar-refractivity contribution is -0.142. The molecule has 0 bridgehead atoms. The highest BCUT2D eigenvalue weighted by Crippen LogP contribution is 2.24. The first-order valence-electron chi connectivity index (χ1n) is 10.7. The van der Waals surface area contributed by atoms with Crippen molar-refractivity contribution in [3.63, 3.8) is 0 Å². The Morgan fingerprint density at radius 2 is 1.88 bits per heavy atom. The number of amides is 1. The van der Waals surface area contributed by atoms with Gasteiger partial charge in [-0.25, -0.2) is 4.79 Å². The predicted octanol–water partition coefficient (Wildman–Crippen LogP) is -0.214. The summed E-state index contributed by atoms with van der Waals surface area (Å²) in [5, 5.41) is 7.50. The molecule has 32 heavy (non-hydrogen) atoms. The number of hydrogen-bond acceptors (Lipinski definition) is 8. The van der Waals surface area contributed by atoms with Crippen LogP contribution >= 0.6 is 0 Å². The fourth-order valence-electron chi connectivity index (χ4n) is 3.78. The zero-order valence-corrected chi connectivity index (χ0v) is 18.5. The summed E-state index contributed by atoms with van der Waals surface area (Å²) in [4.78, 5) is 29.6. The van der Waals surface area contributed by atoms with E-state index in [2.05, 4.69) is 9.64 Å². The number of carbonyl (C=O) groups excluding carboxylic acids is 2. The average Bonchev–Trinajstić information content (AvgIpc) is 3.05. The van der Waals surface area contributed by atoms with Crippen molar-refractivity contribution in [2.45, 2.75) is 31.7 Å². The van der Waals surface area contributed by atoms with Gasteiger partial charge in [-0.15, -0.1) is 0 Å². The Kier molecular flexibility index (Phi) is 7.75. The van der Waals surface area contributed by atoms with Crippen LogP contribution in [0.1, 0.15) is 12.5 Å². The van der Waals surface area contributed by atoms with E-state index in [0.717, 1.165) is 18.7 Å². The van der Waals surface area contributed by atoms with Crippen LogP contribution in [-0.2, 0) is 20.7 Å². The minimum absolute atomic E-state index is 0.0979. The minimum atomic E-state index is -0.721. The molecule has 5 N–H and O–H groups in total. The Balaban J connectivity index is 1.47. The van der Waals surface area contributed by atoms with Crippen LogP contribution in [0.15, 0.2) is 24.3 Å². The molecule has 1 amide bonds. The summed E-state index contributed by atoms with van der Waals surface area (Å²) in [5.74, 6) is 0.200. The summed E-state index contributed by atoms with van der Waals surface area (Å²) < 4.78 is 16.0. The summed E-state index contributed by atoms with van der Waals surface area (Å²) in [5.41, 5.74) is 12.2. The molecule has 3 rings (SSSR count). The number of cyclic esters (lactones) is 1. The average molecular weight is 449 g/mol. The van der Waals surface area contributed by atoms with Gasteiger partial charge < -0.3 is 30.6 Å². The van der Waals surface area contributed by atoms with Crippen molar-refractivity contribution in [1.29, 1.82) is 5.41 Å². The van der Waals surface area contributed by atoms with E-state index in [4.69, 9.17) is 26.4 Å². The first-order chi connectivity index (χ1) is 15.3. The lowest BCUT2D eigenvalue weighted by Crippen LogP contribution is -2.52. The van der Waals surface area contributed by atoms with Gasteiger partial charge in [0, 0.05) is 39.3 Å². The normalized spacial score (nSPS) is 22.4. The molecule has 3 unspecified atom stereocenters. The molecule has 0 aliphatic carbocycles. The monoisotopic (exact) mass is 448 g/mol. The first kappa shape index (κ1) is 23.6. The number of nitrogens with two attached hydrogens (primary N) is 2. The third-order valence-electron chi connectivity index (χ3n) is 5.84. The number of carbonyl (C=O) groups is 2. The number of hydrogen-bond donors (Lipinski definition) is 3. The molecule has 1 aromatic rings. The molecule has 0 aromatic heterocycles. The Bertz CT molecular complexity index is 811. The van der Waals surface area contributed by atoms with Crippen LogP contribution in [0, 0.1) is 5.41 Å². The lowest BCUT2D eigenvalue weighted by Gasteiger charge is -2.35. The van der Waals surface area contributed by atoms with Crippen molar-refractivity contribution in [3.05, 3.63) is 29.8 Å². The fourth-order valence-corrected chi connectivity index (χ4v) is 3.78. The molecule has 3 atom stereocenters. The van der Waals surface area contributed by atoms with Crippen molar-refractivity contribution in [3.8, 4) is 5.75 Å². The number of esters is 1. The molecule has 2 heterocycles. The van der Waals surface area contributed by atoms with Gasteiger partial charge in [0.1, 0.15) is 17.8 Å². The fraction of sp³-hybridized carbons (Fsp3) is 0.571. The van der Waals surface area contributed by atoms with Crippen LogP contribution in [-0.4, -0.2) is 97.5 Å². The Labute approximate surface area is 187 Å². The van der Waals surface area contributed by atoms with Crippen molar-refractivity contribution in [1.82, 2.24) is 14.7 Å². The molecule has 11 heteroatoms. The highest BCUT2D eigenvalue weighted by Gasteiger charge is 2.40. The molecular weight excluding hydrogens is 416 g/mol. The second-order valence-electron chi connectivity index (χ2n) is 8.00. The summed E-state index contributed by atoms with van der Waals surface area (Å²) in [6.45, 7) is 6.15. The lowest BCUT2D eigenvalue weighted by atomic mass is 10.1. The zero-order chi connectivity index (χ0) is 23.3. The van der Waals surface area contributed by atoms with E-state index in [1.54, 1.807) is 17.0 Å². The largest absolute Gasteiger partial charge is 0.468 e. The number of rotatable bonds is 8. The quantitative estimate of drug-likeness (QED) is 0.279. The maximum atomic E-state index is 12.4. The van der Waals surface area contributed by atoms with Crippen LogP contribution in [0.2, 0.25) is 0 Å². The van der Waals surface area contributed by atoms with Gasteiger partial charge in [-0.05, 0) is 31.0 Å². The second kappa shape index (κ2) is 10.5. The third-order valence-corrected chi connectivity index (χ3v) is 5.84. The summed E-state index contributed by atoms with van der Waals surface area (Å²) >= 11 is 0. The number of methoxy groups -OCH3 is 1. The molecule has 0 radical (unpaired) electrons. The Morgan fingerprint density at radius 1 is 1.22 bits per heavy atom. The van der Waals surface area contributed by atoms with Gasteiger partial charge in [0.05, 0.1) is 7.11 Å². The molecule has 11 nitrogen and oxygen atoms in total. The molecule has 1 aromatic carbocycles. The van der Waals surface area contributed by atoms with Gasteiger partial charge in [-0.1, -0.05) is 12.1 Å². The van der Waals surface area contributed by atoms with E-state index < -0.39 is 24.4 Å². The van der Waals surface area contributed by atoms with E-state index in [0.29, 0.717) is 38.3 Å². The summed E-state index contributed by atoms with van der Waals surface area (Å²) in [6, 6.07) is 6.19. The van der Waals surface area contributed by atoms with Crippen LogP contribution in [0.3, 0.4) is 0 Å². The zero-order valence-electron chi connectivity index (χ0n) is 18.5. The smallest absolute Gasteiger partial charge is 0.413 e. The number of ether oxygens (including phenoxy) is 3. The molecule has 2 saturated heterocycles. The van der Waals surface area contributed by atoms with E-state index >= 15 is 0 Å². The number of nitrogens with zero attached hydrogens (tertiary/aromatic N) is 3. The molecule has 176 valence electrons. The summed E-state index contributed by atoms with van der Waals surface area (Å²) in [7, 11) is 1.31. The van der Waals surface area contributed by atoms with Crippen LogP contribution in [0.25, 0.3) is 0 Å². The maximum Gasteiger partial charge on any atom is 0.413 e. The Hall–Kier alpha value is -3.05. The highest BCUT2D eigenvalue weighted by atomic mass is 16.7. The van der Waals surface area contributed by atoms with Crippen molar-refractivity contribution in [2.24, 2.45) is 11.5 Å². The maximum absolute atomic E-state index is 12.4. The van der Waals surface area contributed by atoms with E-state index in [9.17, 15) is 9.59 Å². The van der Waals surface area contributed by atoms with Crippen LogP contribution < -0.4 is 16.2 Å². The third kappa shape index (κ3) is 5.80. The van der Waals surface area contributed by atoms with E-state index in [-0.39, 0.29) is 12.0 Å². The second-order valence-corrected chi connectivity index (χ2v) is 8.00. The standard InChI is InChI=1S/C21H32N6O5/c1-14-19(31-16-5-3-15(4-6-16)13-17(22)18(28)30-2)32-21(29)27(14)12-9-25-7-10-26(11-8-25)20(23)24/h3-6,14,17,19H,7-13,22H2,1-2H3,(H3,23,24). The van der Waals surface area contributed by atoms with Crippen LogP contribution in [0.4, 0.5) is 4.79 Å². The molecule has 0 saturated carbocycles. The first-order valence-corrected chi connectivity index (χ1v) is 10.7. The van der Waals surface area contributed by atoms with Gasteiger partial charge in [0.25, 0.3) is 6.29 Å². The Morgan fingerprint density at radius 3 is 2.47 bits per heavy atom. The number of guanidine groups is 1. The van der Waals surface area contributed by atoms with E-state index in [1.165, 1.54) is 7.11 Å². The number of piperazine rings is 1. The highest BCUT2D eigenvalue weighted by molar-refractivity contribution is 5.75. The van der Waals surface area contributed by atoms with Crippen molar-refractivity contribution < 1.29 is 23.8 Å². The predicted molar refractivity (Wildman–Crippen MR) is 117 cm³/mol. The van der Waals surface area contributed by atoms with Gasteiger partial charge in [0.2, 0.25) is 0 Å². The topological polar surface area (TPSA) is 147 Å². The summed E-state index contributed by atoms with van der Waals surface area (Å²) in [6.07, 6.45) is -0.748. The number of benzene rings is 1. The number of nitrogens with one attached hydrogen (secondary N) is 1. The van der Waals surface area contributed by atoms with Crippen molar-refractivity contribution >= 4 is 18.0 Å². The SMILES string of the molecule is COC(=O)C(N)Cc1ccc(OC2OC(=O)N(CCN3CCN(C(=N)N)CC3)C2C)cc1. The van der Waals surface area contributed by atoms with Gasteiger partial charge in [-0.3, -0.25) is 20.0 Å². The molecular formula is C21H32N6O5. The van der Waals surface area contributed by atoms with Gasteiger partial charge in [0.15, 0.2) is 5.96 Å². The molecule has 0 spiro atoms. The van der Waals surface area contributed by atoms with Gasteiger partial charge >= 0.3 is 12.1 Å². The molecule has 2 aliphatic heterocycles. The minimum Gasteiger partial charge on any atom is -0.468 e. The van der Waals surface area contributed by atoms with E-state index in [1.807, 2.05) is 24.0 Å². The van der Waals surface area contributed by atoms with Gasteiger partial charge in [-0.2, -0.15) is 0 Å². The van der Waals surface area contributed by atoms with Crippen molar-refractivity contribution in [2.75, 3.05) is 46.4 Å². The molecule has 2 fully saturated rings. The molecule has 2 aliphatic rings. The van der Waals surface area contributed by atoms with Crippen LogP contribution in [0.5, 0.6) is 5.75 Å².